The number of aromatic nitrogens is 1. The van der Waals surface area contributed by atoms with Gasteiger partial charge in [0.25, 0.3) is 5.56 Å². The van der Waals surface area contributed by atoms with Crippen molar-refractivity contribution >= 4 is 11.6 Å². The molecular formula is C14H23N3O3. The summed E-state index contributed by atoms with van der Waals surface area (Å²) in [6.45, 7) is 4.11. The highest BCUT2D eigenvalue weighted by atomic mass is 16.3. The molecule has 6 nitrogen and oxygen atoms in total. The average Bonchev–Trinajstić information content (AvgIpc) is 2.42. The van der Waals surface area contributed by atoms with E-state index in [1.54, 1.807) is 0 Å². The lowest BCUT2D eigenvalue weighted by molar-refractivity contribution is -0.122. The number of anilines is 1. The molecule has 0 aromatic carbocycles. The van der Waals surface area contributed by atoms with Gasteiger partial charge in [0.1, 0.15) is 6.54 Å². The van der Waals surface area contributed by atoms with Gasteiger partial charge < -0.3 is 20.7 Å². The van der Waals surface area contributed by atoms with E-state index in [1.807, 2.05) is 13.8 Å². The van der Waals surface area contributed by atoms with Gasteiger partial charge in [-0.25, -0.2) is 0 Å². The number of aliphatic hydroxyl groups excluding tert-OH is 1. The summed E-state index contributed by atoms with van der Waals surface area (Å²) in [5.41, 5.74) is 5.71. The average molecular weight is 281 g/mol. The van der Waals surface area contributed by atoms with Crippen molar-refractivity contribution in [1.29, 1.82) is 0 Å². The fourth-order valence-electron chi connectivity index (χ4n) is 2.10. The van der Waals surface area contributed by atoms with Gasteiger partial charge in [-0.1, -0.05) is 26.7 Å². The van der Waals surface area contributed by atoms with Crippen LogP contribution in [0.4, 0.5) is 5.69 Å². The smallest absolute Gasteiger partial charge is 0.251 e. The van der Waals surface area contributed by atoms with Crippen LogP contribution in [0, 0.1) is 5.92 Å². The summed E-state index contributed by atoms with van der Waals surface area (Å²) in [5.74, 6) is -0.145. The fourth-order valence-corrected chi connectivity index (χ4v) is 2.10. The van der Waals surface area contributed by atoms with Crippen molar-refractivity contribution in [3.63, 3.8) is 0 Å². The van der Waals surface area contributed by atoms with Crippen LogP contribution in [0.5, 0.6) is 0 Å². The van der Waals surface area contributed by atoms with Crippen molar-refractivity contribution in [1.82, 2.24) is 9.88 Å². The number of nitrogens with one attached hydrogen (secondary N) is 1. The molecule has 112 valence electrons. The van der Waals surface area contributed by atoms with Crippen LogP contribution in [0.15, 0.2) is 23.1 Å². The molecule has 1 amide bonds. The molecule has 0 spiro atoms. The molecule has 1 rings (SSSR count). The number of nitrogens with two attached hydrogens (primary N) is 1. The number of hydrogen-bond donors (Lipinski definition) is 3. The summed E-state index contributed by atoms with van der Waals surface area (Å²) in [5, 5.41) is 12.6. The van der Waals surface area contributed by atoms with Crippen LogP contribution >= 0.6 is 0 Å². The number of nitrogen functional groups attached to an aromatic ring is 1. The Morgan fingerprint density at radius 1 is 1.40 bits per heavy atom. The van der Waals surface area contributed by atoms with Gasteiger partial charge in [-0.15, -0.1) is 0 Å². The minimum Gasteiger partial charge on any atom is -0.398 e. The van der Waals surface area contributed by atoms with Gasteiger partial charge in [0.05, 0.1) is 6.10 Å². The molecular weight excluding hydrogens is 258 g/mol. The van der Waals surface area contributed by atoms with Gasteiger partial charge >= 0.3 is 0 Å². The molecule has 1 heterocycles. The molecule has 0 saturated heterocycles. The third-order valence-corrected chi connectivity index (χ3v) is 3.42. The SMILES string of the molecule is CCC(CC)C(O)CNC(=O)Cn1cc(N)ccc1=O. The predicted octanol–water partition coefficient (Wildman–Crippen LogP) is 0.344. The summed E-state index contributed by atoms with van der Waals surface area (Å²) in [7, 11) is 0. The van der Waals surface area contributed by atoms with Crippen LogP contribution in [0.3, 0.4) is 0 Å². The quantitative estimate of drug-likeness (QED) is 0.671. The first-order valence-electron chi connectivity index (χ1n) is 6.88. The first kappa shape index (κ1) is 16.2. The van der Waals surface area contributed by atoms with E-state index in [1.165, 1.54) is 22.9 Å². The number of pyridine rings is 1. The Labute approximate surface area is 118 Å². The van der Waals surface area contributed by atoms with Crippen molar-refractivity contribution in [2.45, 2.75) is 39.3 Å². The van der Waals surface area contributed by atoms with Crippen molar-refractivity contribution in [2.75, 3.05) is 12.3 Å². The molecule has 0 aliphatic rings. The zero-order valence-corrected chi connectivity index (χ0v) is 12.0. The van der Waals surface area contributed by atoms with Gasteiger partial charge in [-0.05, 0) is 12.0 Å². The molecule has 0 aliphatic carbocycles. The molecule has 0 fully saturated rings. The number of carbonyl (C=O) groups is 1. The maximum absolute atomic E-state index is 11.8. The largest absolute Gasteiger partial charge is 0.398 e. The second-order valence-electron chi connectivity index (χ2n) is 4.88. The zero-order valence-electron chi connectivity index (χ0n) is 12.0. The summed E-state index contributed by atoms with van der Waals surface area (Å²) in [4.78, 5) is 23.3. The highest BCUT2D eigenvalue weighted by Crippen LogP contribution is 2.12. The van der Waals surface area contributed by atoms with E-state index < -0.39 is 6.10 Å². The van der Waals surface area contributed by atoms with Gasteiger partial charge in [-0.2, -0.15) is 0 Å². The number of nitrogens with zero attached hydrogens (tertiary/aromatic N) is 1. The summed E-state index contributed by atoms with van der Waals surface area (Å²) in [6, 6.07) is 2.81. The highest BCUT2D eigenvalue weighted by Gasteiger charge is 2.16. The Bertz CT molecular complexity index is 495. The van der Waals surface area contributed by atoms with Crippen LogP contribution in [0.25, 0.3) is 0 Å². The Balaban J connectivity index is 2.52. The molecule has 1 unspecified atom stereocenters. The zero-order chi connectivity index (χ0) is 15.1. The Hall–Kier alpha value is -1.82. The number of amides is 1. The number of hydrogen-bond acceptors (Lipinski definition) is 4. The van der Waals surface area contributed by atoms with E-state index in [9.17, 15) is 14.7 Å². The topological polar surface area (TPSA) is 97.3 Å². The normalized spacial score (nSPS) is 12.4. The maximum Gasteiger partial charge on any atom is 0.251 e. The van der Waals surface area contributed by atoms with E-state index >= 15 is 0 Å². The highest BCUT2D eigenvalue weighted by molar-refractivity contribution is 5.75. The molecule has 6 heteroatoms. The van der Waals surface area contributed by atoms with Crippen molar-refractivity contribution in [3.05, 3.63) is 28.7 Å². The molecule has 4 N–H and O–H groups in total. The first-order valence-corrected chi connectivity index (χ1v) is 6.88. The molecule has 0 bridgehead atoms. The molecule has 1 aromatic rings. The number of carbonyl (C=O) groups excluding carboxylic acids is 1. The van der Waals surface area contributed by atoms with Gasteiger partial charge in [0.15, 0.2) is 0 Å². The van der Waals surface area contributed by atoms with Crippen LogP contribution in [0.1, 0.15) is 26.7 Å². The minimum atomic E-state index is -0.563. The lowest BCUT2D eigenvalue weighted by Crippen LogP contribution is -2.39. The predicted molar refractivity (Wildman–Crippen MR) is 78.2 cm³/mol. The van der Waals surface area contributed by atoms with Crippen molar-refractivity contribution < 1.29 is 9.90 Å². The molecule has 0 aliphatic heterocycles. The third-order valence-electron chi connectivity index (χ3n) is 3.42. The van der Waals surface area contributed by atoms with Crippen molar-refractivity contribution in [2.24, 2.45) is 5.92 Å². The second kappa shape index (κ2) is 7.69. The Morgan fingerprint density at radius 3 is 2.65 bits per heavy atom. The number of rotatable bonds is 7. The van der Waals surface area contributed by atoms with Gasteiger partial charge in [0.2, 0.25) is 5.91 Å². The van der Waals surface area contributed by atoms with Crippen LogP contribution in [0.2, 0.25) is 0 Å². The molecule has 20 heavy (non-hydrogen) atoms. The minimum absolute atomic E-state index is 0.0977. The Morgan fingerprint density at radius 2 is 2.05 bits per heavy atom. The van der Waals surface area contributed by atoms with E-state index in [-0.39, 0.29) is 30.5 Å². The third kappa shape index (κ3) is 4.70. The number of aliphatic hydroxyl groups is 1. The van der Waals surface area contributed by atoms with E-state index in [4.69, 9.17) is 5.73 Å². The van der Waals surface area contributed by atoms with E-state index in [0.29, 0.717) is 5.69 Å². The van der Waals surface area contributed by atoms with Crippen LogP contribution in [-0.4, -0.2) is 28.2 Å². The monoisotopic (exact) mass is 281 g/mol. The van der Waals surface area contributed by atoms with E-state index in [2.05, 4.69) is 5.32 Å². The standard InChI is InChI=1S/C14H23N3O3/c1-3-10(4-2)12(18)7-16-13(19)9-17-8-11(15)5-6-14(17)20/h5-6,8,10,12,18H,3-4,7,9,15H2,1-2H3,(H,16,19). The van der Waals surface area contributed by atoms with Crippen molar-refractivity contribution in [3.8, 4) is 0 Å². The van der Waals surface area contributed by atoms with Crippen LogP contribution < -0.4 is 16.6 Å². The summed E-state index contributed by atoms with van der Waals surface area (Å²) in [6.07, 6.45) is 2.59. The lowest BCUT2D eigenvalue weighted by Gasteiger charge is -2.20. The molecule has 1 aromatic heterocycles. The molecule has 0 saturated carbocycles. The van der Waals surface area contributed by atoms with Gasteiger partial charge in [-0.3, -0.25) is 9.59 Å². The first-order chi connectivity index (χ1) is 9.47. The molecule has 1 atom stereocenters. The molecule has 0 radical (unpaired) electrons. The second-order valence-corrected chi connectivity index (χ2v) is 4.88. The summed E-state index contributed by atoms with van der Waals surface area (Å²) < 4.78 is 1.24. The Kier molecular flexibility index (Phi) is 6.24. The van der Waals surface area contributed by atoms with Gasteiger partial charge in [0, 0.05) is 24.5 Å². The van der Waals surface area contributed by atoms with E-state index in [0.717, 1.165) is 12.8 Å². The lowest BCUT2D eigenvalue weighted by atomic mass is 9.96. The van der Waals surface area contributed by atoms with Crippen LogP contribution in [-0.2, 0) is 11.3 Å². The fraction of sp³-hybridized carbons (Fsp3) is 0.571. The summed E-state index contributed by atoms with van der Waals surface area (Å²) >= 11 is 0. The maximum atomic E-state index is 11.8.